The first-order valence-electron chi connectivity index (χ1n) is 9.82. The number of ether oxygens (including phenoxy) is 2. The van der Waals surface area contributed by atoms with Gasteiger partial charge in [-0.05, 0) is 52.7 Å². The second kappa shape index (κ2) is 9.42. The summed E-state index contributed by atoms with van der Waals surface area (Å²) < 4.78 is 11.0. The third-order valence-corrected chi connectivity index (χ3v) is 4.52. The van der Waals surface area contributed by atoms with Crippen molar-refractivity contribution in [3.63, 3.8) is 0 Å². The van der Waals surface area contributed by atoms with Crippen LogP contribution in [0, 0.1) is 11.3 Å². The Kier molecular flexibility index (Phi) is 7.22. The van der Waals surface area contributed by atoms with Crippen molar-refractivity contribution in [1.82, 2.24) is 5.32 Å². The van der Waals surface area contributed by atoms with Gasteiger partial charge in [-0.2, -0.15) is 5.26 Å². The number of hydrogen-bond acceptors (Lipinski definition) is 6. The molecule has 1 N–H and O–H groups in total. The van der Waals surface area contributed by atoms with Crippen LogP contribution in [-0.4, -0.2) is 24.1 Å². The Morgan fingerprint density at radius 2 is 1.62 bits per heavy atom. The van der Waals surface area contributed by atoms with Gasteiger partial charge in [0, 0.05) is 11.4 Å². The number of nitriles is 1. The van der Waals surface area contributed by atoms with Gasteiger partial charge < -0.3 is 14.8 Å². The Balaban J connectivity index is 2.76. The molecule has 154 valence electrons. The molecule has 2 rings (SSSR count). The molecule has 0 aromatic heterocycles. The van der Waals surface area contributed by atoms with Crippen LogP contribution in [0.4, 0.5) is 0 Å². The smallest absolute Gasteiger partial charge is 0.337 e. The van der Waals surface area contributed by atoms with Crippen molar-refractivity contribution in [2.75, 3.05) is 0 Å². The van der Waals surface area contributed by atoms with E-state index < -0.39 is 17.9 Å². The zero-order valence-corrected chi connectivity index (χ0v) is 17.8. The Bertz CT molecular complexity index is 904. The first-order valence-corrected chi connectivity index (χ1v) is 9.82. The summed E-state index contributed by atoms with van der Waals surface area (Å²) in [6, 6.07) is 9.15. The first-order chi connectivity index (χ1) is 13.7. The van der Waals surface area contributed by atoms with E-state index in [1.807, 2.05) is 6.92 Å². The number of hydrogen-bond donors (Lipinski definition) is 1. The van der Waals surface area contributed by atoms with E-state index in [-0.39, 0.29) is 12.2 Å². The van der Waals surface area contributed by atoms with Gasteiger partial charge in [0.15, 0.2) is 0 Å². The molecule has 6 heteroatoms. The van der Waals surface area contributed by atoms with Crippen LogP contribution >= 0.6 is 0 Å². The summed E-state index contributed by atoms with van der Waals surface area (Å²) in [5.41, 5.74) is 2.90. The van der Waals surface area contributed by atoms with Gasteiger partial charge in [-0.1, -0.05) is 25.1 Å². The molecule has 0 saturated carbocycles. The highest BCUT2D eigenvalue weighted by molar-refractivity contribution is 6.00. The second-order valence-corrected chi connectivity index (χ2v) is 7.45. The van der Waals surface area contributed by atoms with Crippen LogP contribution in [0.2, 0.25) is 0 Å². The lowest BCUT2D eigenvalue weighted by molar-refractivity contribution is -0.143. The molecule has 1 aliphatic heterocycles. The summed E-state index contributed by atoms with van der Waals surface area (Å²) in [5, 5.41) is 12.8. The minimum Gasteiger partial charge on any atom is -0.460 e. The van der Waals surface area contributed by atoms with Crippen LogP contribution < -0.4 is 5.32 Å². The zero-order chi connectivity index (χ0) is 21.7. The van der Waals surface area contributed by atoms with E-state index in [1.165, 1.54) is 0 Å². The Morgan fingerprint density at radius 1 is 1.07 bits per heavy atom. The molecule has 6 nitrogen and oxygen atoms in total. The molecule has 0 amide bonds. The molecule has 1 unspecified atom stereocenters. The molecular weight excluding hydrogens is 368 g/mol. The largest absolute Gasteiger partial charge is 0.460 e. The number of benzene rings is 1. The molecule has 1 heterocycles. The molecule has 0 saturated heterocycles. The minimum absolute atomic E-state index is 0.314. The maximum absolute atomic E-state index is 13.1. The topological polar surface area (TPSA) is 88.4 Å². The minimum atomic E-state index is -0.750. The van der Waals surface area contributed by atoms with Crippen molar-refractivity contribution in [1.29, 1.82) is 5.26 Å². The number of nitrogens with zero attached hydrogens (tertiary/aromatic N) is 1. The summed E-state index contributed by atoms with van der Waals surface area (Å²) in [4.78, 5) is 26.1. The molecule has 1 atom stereocenters. The normalized spacial score (nSPS) is 16.6. The van der Waals surface area contributed by atoms with Crippen molar-refractivity contribution < 1.29 is 19.1 Å². The standard InChI is InChI=1S/C23H28N2O4/c1-7-18-21(23(27)29-14(4)5)20(17-11-9-8-10-16(17)12-24)19(15(6)25-18)22(26)28-13(2)3/h8-11,13-14,20,25H,7H2,1-6H3. The fourth-order valence-corrected chi connectivity index (χ4v) is 3.40. The van der Waals surface area contributed by atoms with Crippen LogP contribution in [0.3, 0.4) is 0 Å². The number of rotatable bonds is 6. The average Bonchev–Trinajstić information content (AvgIpc) is 2.65. The monoisotopic (exact) mass is 396 g/mol. The number of dihydropyridines is 1. The lowest BCUT2D eigenvalue weighted by Gasteiger charge is -2.32. The maximum atomic E-state index is 13.1. The van der Waals surface area contributed by atoms with Crippen molar-refractivity contribution >= 4 is 11.9 Å². The SMILES string of the molecule is CCC1=C(C(=O)OC(C)C)C(c2ccccc2C#N)C(C(=O)OC(C)C)=C(C)N1. The fourth-order valence-electron chi connectivity index (χ4n) is 3.40. The number of allylic oxidation sites excluding steroid dienone is 2. The predicted molar refractivity (Wildman–Crippen MR) is 110 cm³/mol. The van der Waals surface area contributed by atoms with E-state index in [9.17, 15) is 14.9 Å². The maximum Gasteiger partial charge on any atom is 0.337 e. The van der Waals surface area contributed by atoms with Gasteiger partial charge in [0.1, 0.15) is 0 Å². The highest BCUT2D eigenvalue weighted by atomic mass is 16.5. The highest BCUT2D eigenvalue weighted by Gasteiger charge is 2.40. The quantitative estimate of drug-likeness (QED) is 0.729. The van der Waals surface area contributed by atoms with Gasteiger partial charge in [0.05, 0.1) is 40.9 Å². The second-order valence-electron chi connectivity index (χ2n) is 7.45. The Labute approximate surface area is 172 Å². The zero-order valence-electron chi connectivity index (χ0n) is 17.8. The van der Waals surface area contributed by atoms with Crippen LogP contribution in [0.1, 0.15) is 65.0 Å². The van der Waals surface area contributed by atoms with Crippen molar-refractivity contribution in [3.8, 4) is 6.07 Å². The summed E-state index contributed by atoms with van der Waals surface area (Å²) in [6.45, 7) is 10.8. The van der Waals surface area contributed by atoms with Gasteiger partial charge in [-0.25, -0.2) is 9.59 Å². The van der Waals surface area contributed by atoms with Gasteiger partial charge in [-0.3, -0.25) is 0 Å². The number of esters is 2. The van der Waals surface area contributed by atoms with Crippen LogP contribution in [0.5, 0.6) is 0 Å². The molecule has 1 aromatic carbocycles. The van der Waals surface area contributed by atoms with Crippen molar-refractivity contribution in [3.05, 3.63) is 57.9 Å². The van der Waals surface area contributed by atoms with E-state index >= 15 is 0 Å². The first kappa shape index (κ1) is 22.2. The van der Waals surface area contributed by atoms with E-state index in [4.69, 9.17) is 9.47 Å². The molecule has 29 heavy (non-hydrogen) atoms. The summed E-state index contributed by atoms with van der Waals surface area (Å²) >= 11 is 0. The van der Waals surface area contributed by atoms with Gasteiger partial charge >= 0.3 is 11.9 Å². The van der Waals surface area contributed by atoms with E-state index in [0.717, 1.165) is 0 Å². The summed E-state index contributed by atoms with van der Waals surface area (Å²) in [7, 11) is 0. The van der Waals surface area contributed by atoms with Gasteiger partial charge in [0.25, 0.3) is 0 Å². The summed E-state index contributed by atoms with van der Waals surface area (Å²) in [5.74, 6) is -1.78. The summed E-state index contributed by atoms with van der Waals surface area (Å²) in [6.07, 6.45) is -0.104. The van der Waals surface area contributed by atoms with Crippen LogP contribution in [0.15, 0.2) is 46.8 Å². The molecular formula is C23H28N2O4. The van der Waals surface area contributed by atoms with E-state index in [2.05, 4.69) is 11.4 Å². The molecule has 1 aromatic rings. The molecule has 1 aliphatic rings. The highest BCUT2D eigenvalue weighted by Crippen LogP contribution is 2.41. The lowest BCUT2D eigenvalue weighted by Crippen LogP contribution is -2.34. The van der Waals surface area contributed by atoms with E-state index in [1.54, 1.807) is 58.9 Å². The fraction of sp³-hybridized carbons (Fsp3) is 0.435. The van der Waals surface area contributed by atoms with Crippen LogP contribution in [0.25, 0.3) is 0 Å². The Hall–Kier alpha value is -3.07. The van der Waals surface area contributed by atoms with Crippen molar-refractivity contribution in [2.45, 2.75) is 66.1 Å². The number of carbonyl (C=O) groups is 2. The number of nitrogens with one attached hydrogen (secondary N) is 1. The van der Waals surface area contributed by atoms with E-state index in [0.29, 0.717) is 40.1 Å². The Morgan fingerprint density at radius 3 is 2.14 bits per heavy atom. The van der Waals surface area contributed by atoms with Crippen LogP contribution in [-0.2, 0) is 19.1 Å². The lowest BCUT2D eigenvalue weighted by atomic mass is 9.78. The van der Waals surface area contributed by atoms with Gasteiger partial charge in [0.2, 0.25) is 0 Å². The molecule has 0 bridgehead atoms. The third kappa shape index (κ3) is 4.86. The van der Waals surface area contributed by atoms with Crippen molar-refractivity contribution in [2.24, 2.45) is 0 Å². The molecule has 0 spiro atoms. The number of carbonyl (C=O) groups excluding carboxylic acids is 2. The molecule has 0 fully saturated rings. The van der Waals surface area contributed by atoms with Gasteiger partial charge in [-0.15, -0.1) is 0 Å². The molecule has 0 radical (unpaired) electrons. The average molecular weight is 396 g/mol. The third-order valence-electron chi connectivity index (χ3n) is 4.52. The predicted octanol–water partition coefficient (Wildman–Crippen LogP) is 4.09. The molecule has 0 aliphatic carbocycles.